The monoisotopic (exact) mass is 274 g/mol. The molecule has 0 saturated heterocycles. The zero-order valence-corrected chi connectivity index (χ0v) is 12.6. The van der Waals surface area contributed by atoms with Crippen LogP contribution in [-0.4, -0.2) is 9.55 Å². The van der Waals surface area contributed by atoms with Crippen LogP contribution in [0.4, 0.5) is 0 Å². The molecule has 19 heavy (non-hydrogen) atoms. The fraction of sp³-hybridized carbons (Fsp3) is 0.562. The van der Waals surface area contributed by atoms with Crippen molar-refractivity contribution < 1.29 is 0 Å². The van der Waals surface area contributed by atoms with Crippen molar-refractivity contribution in [3.8, 4) is 0 Å². The van der Waals surface area contributed by atoms with Crippen LogP contribution in [0.1, 0.15) is 50.6 Å². The van der Waals surface area contributed by atoms with E-state index in [1.807, 2.05) is 0 Å². The number of nitrogens with one attached hydrogen (secondary N) is 1. The van der Waals surface area contributed by atoms with E-state index in [0.29, 0.717) is 12.0 Å². The Morgan fingerprint density at radius 2 is 2.00 bits per heavy atom. The molecule has 1 aliphatic rings. The van der Waals surface area contributed by atoms with E-state index in [-0.39, 0.29) is 0 Å². The van der Waals surface area contributed by atoms with Gasteiger partial charge in [0.25, 0.3) is 0 Å². The van der Waals surface area contributed by atoms with Gasteiger partial charge in [0.15, 0.2) is 4.77 Å². The fourth-order valence-corrected chi connectivity index (χ4v) is 3.76. The highest BCUT2D eigenvalue weighted by atomic mass is 32.1. The van der Waals surface area contributed by atoms with Crippen LogP contribution in [-0.2, 0) is 0 Å². The van der Waals surface area contributed by atoms with Crippen LogP contribution in [0.5, 0.6) is 0 Å². The minimum absolute atomic E-state index is 0.561. The number of rotatable bonds is 1. The number of H-pyrrole nitrogens is 1. The van der Waals surface area contributed by atoms with Crippen molar-refractivity contribution in [1.29, 1.82) is 0 Å². The van der Waals surface area contributed by atoms with Crippen LogP contribution in [0, 0.1) is 17.6 Å². The predicted octanol–water partition coefficient (Wildman–Crippen LogP) is 5.15. The van der Waals surface area contributed by atoms with Crippen molar-refractivity contribution in [1.82, 2.24) is 9.55 Å². The summed E-state index contributed by atoms with van der Waals surface area (Å²) in [4.78, 5) is 3.37. The molecule has 3 heteroatoms. The second-order valence-electron chi connectivity index (χ2n) is 6.00. The number of imidazole rings is 1. The molecule has 1 aliphatic carbocycles. The van der Waals surface area contributed by atoms with E-state index < -0.39 is 0 Å². The molecule has 1 fully saturated rings. The van der Waals surface area contributed by atoms with Gasteiger partial charge in [0, 0.05) is 6.04 Å². The summed E-state index contributed by atoms with van der Waals surface area (Å²) in [6.45, 7) is 4.53. The zero-order chi connectivity index (χ0) is 13.4. The van der Waals surface area contributed by atoms with E-state index in [9.17, 15) is 0 Å². The first-order valence-electron chi connectivity index (χ1n) is 7.37. The molecule has 1 saturated carbocycles. The van der Waals surface area contributed by atoms with Crippen LogP contribution in [0.25, 0.3) is 11.0 Å². The van der Waals surface area contributed by atoms with E-state index in [4.69, 9.17) is 12.2 Å². The highest BCUT2D eigenvalue weighted by Gasteiger charge is 2.23. The average Bonchev–Trinajstić information content (AvgIpc) is 2.55. The third-order valence-corrected chi connectivity index (χ3v) is 4.82. The third-order valence-electron chi connectivity index (χ3n) is 4.52. The molecule has 2 unspecified atom stereocenters. The molecule has 0 bridgehead atoms. The SMILES string of the molecule is Cc1ccc2[nH]c(=S)n(C3CCCCCC3C)c2c1. The molecule has 2 atom stereocenters. The van der Waals surface area contributed by atoms with E-state index in [1.54, 1.807) is 0 Å². The summed E-state index contributed by atoms with van der Waals surface area (Å²) in [6.07, 6.45) is 6.65. The Bertz CT molecular complexity index is 638. The molecule has 0 aliphatic heterocycles. The van der Waals surface area contributed by atoms with E-state index in [0.717, 1.165) is 4.77 Å². The normalized spacial score (nSPS) is 24.5. The van der Waals surface area contributed by atoms with Crippen molar-refractivity contribution in [2.24, 2.45) is 5.92 Å². The smallest absolute Gasteiger partial charge is 0.178 e. The summed E-state index contributed by atoms with van der Waals surface area (Å²) in [5.74, 6) is 0.716. The molecule has 0 spiro atoms. The number of aromatic amines is 1. The summed E-state index contributed by atoms with van der Waals surface area (Å²) < 4.78 is 3.27. The van der Waals surface area contributed by atoms with Crippen LogP contribution in [0.3, 0.4) is 0 Å². The number of nitrogens with zero attached hydrogens (tertiary/aromatic N) is 1. The maximum absolute atomic E-state index is 5.58. The van der Waals surface area contributed by atoms with Gasteiger partial charge in [-0.2, -0.15) is 0 Å². The van der Waals surface area contributed by atoms with Crippen molar-refractivity contribution >= 4 is 23.3 Å². The number of aromatic nitrogens is 2. The first-order valence-corrected chi connectivity index (χ1v) is 7.78. The molecule has 2 nitrogen and oxygen atoms in total. The fourth-order valence-electron chi connectivity index (χ4n) is 3.42. The topological polar surface area (TPSA) is 20.7 Å². The number of hydrogen-bond donors (Lipinski definition) is 1. The molecule has 102 valence electrons. The molecule has 1 N–H and O–H groups in total. The summed E-state index contributed by atoms with van der Waals surface area (Å²) >= 11 is 5.58. The molecule has 1 aromatic heterocycles. The quantitative estimate of drug-likeness (QED) is 0.563. The minimum atomic E-state index is 0.561. The lowest BCUT2D eigenvalue weighted by molar-refractivity contribution is 0.338. The van der Waals surface area contributed by atoms with Crippen LogP contribution in [0.2, 0.25) is 0 Å². The third kappa shape index (κ3) is 2.36. The first kappa shape index (κ1) is 12.9. The van der Waals surface area contributed by atoms with Crippen molar-refractivity contribution in [3.63, 3.8) is 0 Å². The van der Waals surface area contributed by atoms with E-state index in [1.165, 1.54) is 48.7 Å². The maximum Gasteiger partial charge on any atom is 0.178 e. The lowest BCUT2D eigenvalue weighted by Gasteiger charge is -2.24. The number of benzene rings is 1. The van der Waals surface area contributed by atoms with Gasteiger partial charge in [-0.25, -0.2) is 0 Å². The predicted molar refractivity (Wildman–Crippen MR) is 83.1 cm³/mol. The standard InChI is InChI=1S/C16H22N2S/c1-11-8-9-13-15(10-11)18(16(19)17-13)14-7-5-3-4-6-12(14)2/h8-10,12,14H,3-7H2,1-2H3,(H,17,19). The molecule has 1 aromatic carbocycles. The van der Waals surface area contributed by atoms with Gasteiger partial charge in [-0.05, 0) is 55.6 Å². The van der Waals surface area contributed by atoms with Gasteiger partial charge >= 0.3 is 0 Å². The van der Waals surface area contributed by atoms with Gasteiger partial charge in [-0.1, -0.05) is 32.3 Å². The summed E-state index contributed by atoms with van der Waals surface area (Å²) in [6, 6.07) is 7.12. The Kier molecular flexibility index (Phi) is 3.48. The van der Waals surface area contributed by atoms with Crippen molar-refractivity contribution in [2.75, 3.05) is 0 Å². The van der Waals surface area contributed by atoms with Gasteiger partial charge in [0.2, 0.25) is 0 Å². The lowest BCUT2D eigenvalue weighted by Crippen LogP contribution is -2.16. The molecule has 2 aromatic rings. The molecular formula is C16H22N2S. The number of fused-ring (bicyclic) bond motifs is 1. The second kappa shape index (κ2) is 5.12. The van der Waals surface area contributed by atoms with E-state index in [2.05, 4.69) is 41.6 Å². The van der Waals surface area contributed by atoms with Crippen molar-refractivity contribution in [2.45, 2.75) is 52.0 Å². The summed E-state index contributed by atoms with van der Waals surface area (Å²) in [5, 5.41) is 0. The van der Waals surface area contributed by atoms with Gasteiger partial charge in [-0.15, -0.1) is 0 Å². The van der Waals surface area contributed by atoms with Gasteiger partial charge in [-0.3, -0.25) is 0 Å². The Morgan fingerprint density at radius 3 is 2.84 bits per heavy atom. The van der Waals surface area contributed by atoms with Crippen LogP contribution < -0.4 is 0 Å². The Hall–Kier alpha value is -1.09. The molecular weight excluding hydrogens is 252 g/mol. The second-order valence-corrected chi connectivity index (χ2v) is 6.39. The minimum Gasteiger partial charge on any atom is -0.331 e. The number of aryl methyl sites for hydroxylation is 1. The lowest BCUT2D eigenvalue weighted by atomic mass is 9.96. The highest BCUT2D eigenvalue weighted by molar-refractivity contribution is 7.71. The largest absolute Gasteiger partial charge is 0.331 e. The Labute approximate surface area is 119 Å². The highest BCUT2D eigenvalue weighted by Crippen LogP contribution is 2.34. The van der Waals surface area contributed by atoms with Gasteiger partial charge < -0.3 is 9.55 Å². The summed E-state index contributed by atoms with van der Waals surface area (Å²) in [5.41, 5.74) is 3.76. The first-order chi connectivity index (χ1) is 9.16. The van der Waals surface area contributed by atoms with Crippen LogP contribution in [0.15, 0.2) is 18.2 Å². The maximum atomic E-state index is 5.58. The average molecular weight is 274 g/mol. The summed E-state index contributed by atoms with van der Waals surface area (Å²) in [7, 11) is 0. The molecule has 3 rings (SSSR count). The van der Waals surface area contributed by atoms with Crippen LogP contribution >= 0.6 is 12.2 Å². The van der Waals surface area contributed by atoms with Gasteiger partial charge in [0.1, 0.15) is 0 Å². The molecule has 0 radical (unpaired) electrons. The Morgan fingerprint density at radius 1 is 1.21 bits per heavy atom. The Balaban J connectivity index is 2.15. The zero-order valence-electron chi connectivity index (χ0n) is 11.8. The molecule has 0 amide bonds. The van der Waals surface area contributed by atoms with E-state index >= 15 is 0 Å². The number of hydrogen-bond acceptors (Lipinski definition) is 1. The molecule has 1 heterocycles. The van der Waals surface area contributed by atoms with Gasteiger partial charge in [0.05, 0.1) is 11.0 Å². The van der Waals surface area contributed by atoms with Crippen molar-refractivity contribution in [3.05, 3.63) is 28.5 Å².